The van der Waals surface area contributed by atoms with Crippen LogP contribution in [-0.2, 0) is 0 Å². The third kappa shape index (κ3) is 3.95. The lowest BCUT2D eigenvalue weighted by molar-refractivity contribution is 0.207. The van der Waals surface area contributed by atoms with Crippen molar-refractivity contribution in [3.8, 4) is 0 Å². The number of aromatic nitrogens is 1. The van der Waals surface area contributed by atoms with Crippen LogP contribution in [0.25, 0.3) is 0 Å². The van der Waals surface area contributed by atoms with E-state index in [1.165, 1.54) is 25.7 Å². The maximum Gasteiger partial charge on any atom is 0.321 e. The van der Waals surface area contributed by atoms with Crippen molar-refractivity contribution in [3.63, 3.8) is 0 Å². The molecule has 0 bridgehead atoms. The van der Waals surface area contributed by atoms with E-state index in [2.05, 4.69) is 22.1 Å². The van der Waals surface area contributed by atoms with Gasteiger partial charge < -0.3 is 15.1 Å². The maximum atomic E-state index is 12.5. The lowest BCUT2D eigenvalue weighted by Gasteiger charge is -2.24. The quantitative estimate of drug-likeness (QED) is 0.906. The van der Waals surface area contributed by atoms with Gasteiger partial charge in [0.25, 0.3) is 0 Å². The molecular weight excluding hydrogens is 288 g/mol. The van der Waals surface area contributed by atoms with Crippen LogP contribution >= 0.6 is 0 Å². The summed E-state index contributed by atoms with van der Waals surface area (Å²) < 4.78 is 0. The van der Waals surface area contributed by atoms with Gasteiger partial charge in [-0.25, -0.2) is 9.78 Å². The first-order valence-corrected chi connectivity index (χ1v) is 8.92. The SMILES string of the molecule is Cc1nc(N2CCCC2)ccc1NC(=O)N1CCCC[C@H](C)C1. The molecule has 5 nitrogen and oxygen atoms in total. The molecule has 126 valence electrons. The van der Waals surface area contributed by atoms with Crippen LogP contribution in [0.2, 0.25) is 0 Å². The number of pyridine rings is 1. The summed E-state index contributed by atoms with van der Waals surface area (Å²) in [7, 11) is 0. The fraction of sp³-hybridized carbons (Fsp3) is 0.667. The Labute approximate surface area is 139 Å². The summed E-state index contributed by atoms with van der Waals surface area (Å²) in [5.74, 6) is 1.61. The van der Waals surface area contributed by atoms with Crippen LogP contribution in [0.5, 0.6) is 0 Å². The van der Waals surface area contributed by atoms with E-state index in [0.717, 1.165) is 49.8 Å². The molecule has 0 spiro atoms. The predicted molar refractivity (Wildman–Crippen MR) is 94.0 cm³/mol. The van der Waals surface area contributed by atoms with Gasteiger partial charge in [-0.1, -0.05) is 13.3 Å². The number of carbonyl (C=O) groups is 1. The van der Waals surface area contributed by atoms with Gasteiger partial charge in [-0.05, 0) is 50.7 Å². The van der Waals surface area contributed by atoms with Crippen LogP contribution in [0.15, 0.2) is 12.1 Å². The summed E-state index contributed by atoms with van der Waals surface area (Å²) in [6.07, 6.45) is 6.02. The Bertz CT molecular complexity index is 554. The number of amides is 2. The third-order valence-corrected chi connectivity index (χ3v) is 4.94. The van der Waals surface area contributed by atoms with Crippen molar-refractivity contribution in [1.29, 1.82) is 0 Å². The predicted octanol–water partition coefficient (Wildman–Crippen LogP) is 3.64. The second-order valence-electron chi connectivity index (χ2n) is 6.97. The highest BCUT2D eigenvalue weighted by Gasteiger charge is 2.20. The van der Waals surface area contributed by atoms with Gasteiger partial charge in [-0.3, -0.25) is 0 Å². The molecule has 1 atom stereocenters. The van der Waals surface area contributed by atoms with Crippen LogP contribution in [0.1, 0.15) is 44.7 Å². The van der Waals surface area contributed by atoms with Crippen molar-refractivity contribution < 1.29 is 4.79 Å². The highest BCUT2D eigenvalue weighted by atomic mass is 16.2. The monoisotopic (exact) mass is 316 g/mol. The van der Waals surface area contributed by atoms with Crippen molar-refractivity contribution in [1.82, 2.24) is 9.88 Å². The lowest BCUT2D eigenvalue weighted by Crippen LogP contribution is -2.37. The van der Waals surface area contributed by atoms with Crippen LogP contribution in [0.4, 0.5) is 16.3 Å². The number of rotatable bonds is 2. The van der Waals surface area contributed by atoms with Gasteiger partial charge in [0.2, 0.25) is 0 Å². The summed E-state index contributed by atoms with van der Waals surface area (Å²) in [4.78, 5) is 21.5. The second-order valence-corrected chi connectivity index (χ2v) is 6.97. The van der Waals surface area contributed by atoms with Crippen molar-refractivity contribution in [2.75, 3.05) is 36.4 Å². The zero-order valence-corrected chi connectivity index (χ0v) is 14.3. The maximum absolute atomic E-state index is 12.5. The fourth-order valence-electron chi connectivity index (χ4n) is 3.54. The number of hydrogen-bond donors (Lipinski definition) is 1. The number of hydrogen-bond acceptors (Lipinski definition) is 3. The molecule has 0 aliphatic carbocycles. The minimum absolute atomic E-state index is 0.0116. The molecule has 0 aromatic carbocycles. The third-order valence-electron chi connectivity index (χ3n) is 4.94. The first-order valence-electron chi connectivity index (χ1n) is 8.92. The number of nitrogens with zero attached hydrogens (tertiary/aromatic N) is 3. The molecule has 3 rings (SSSR count). The molecule has 0 saturated carbocycles. The molecule has 2 aliphatic rings. The van der Waals surface area contributed by atoms with E-state index in [-0.39, 0.29) is 6.03 Å². The molecule has 0 unspecified atom stereocenters. The molecule has 2 fully saturated rings. The minimum Gasteiger partial charge on any atom is -0.357 e. The number of urea groups is 1. The van der Waals surface area contributed by atoms with Gasteiger partial charge in [0, 0.05) is 26.2 Å². The van der Waals surface area contributed by atoms with E-state index in [1.807, 2.05) is 24.0 Å². The number of aryl methyl sites for hydroxylation is 1. The van der Waals surface area contributed by atoms with Gasteiger partial charge in [-0.15, -0.1) is 0 Å². The van der Waals surface area contributed by atoms with E-state index in [4.69, 9.17) is 0 Å². The molecule has 2 saturated heterocycles. The topological polar surface area (TPSA) is 48.5 Å². The average Bonchev–Trinajstić information content (AvgIpc) is 2.98. The van der Waals surface area contributed by atoms with E-state index in [1.54, 1.807) is 0 Å². The number of anilines is 2. The molecule has 2 aliphatic heterocycles. The summed E-state index contributed by atoms with van der Waals surface area (Å²) in [5, 5.41) is 3.05. The summed E-state index contributed by atoms with van der Waals surface area (Å²) >= 11 is 0. The van der Waals surface area contributed by atoms with Crippen LogP contribution in [0.3, 0.4) is 0 Å². The zero-order valence-electron chi connectivity index (χ0n) is 14.3. The van der Waals surface area contributed by atoms with E-state index in [9.17, 15) is 4.79 Å². The van der Waals surface area contributed by atoms with Crippen LogP contribution in [-0.4, -0.2) is 42.1 Å². The average molecular weight is 316 g/mol. The molecule has 1 aromatic heterocycles. The fourth-order valence-corrected chi connectivity index (χ4v) is 3.54. The van der Waals surface area contributed by atoms with Gasteiger partial charge in [0.15, 0.2) is 0 Å². The van der Waals surface area contributed by atoms with Crippen molar-refractivity contribution in [3.05, 3.63) is 17.8 Å². The largest absolute Gasteiger partial charge is 0.357 e. The normalized spacial score (nSPS) is 22.1. The van der Waals surface area contributed by atoms with E-state index >= 15 is 0 Å². The van der Waals surface area contributed by atoms with Crippen molar-refractivity contribution >= 4 is 17.5 Å². The molecule has 0 radical (unpaired) electrons. The van der Waals surface area contributed by atoms with Crippen LogP contribution < -0.4 is 10.2 Å². The first kappa shape index (κ1) is 16.1. The number of carbonyl (C=O) groups excluding carboxylic acids is 1. The minimum atomic E-state index is 0.0116. The number of nitrogens with one attached hydrogen (secondary N) is 1. The van der Waals surface area contributed by atoms with Gasteiger partial charge in [-0.2, -0.15) is 0 Å². The Hall–Kier alpha value is -1.78. The summed E-state index contributed by atoms with van der Waals surface area (Å²) in [6.45, 7) is 8.08. The Balaban J connectivity index is 1.65. The molecule has 2 amide bonds. The first-order chi connectivity index (χ1) is 11.1. The van der Waals surface area contributed by atoms with Gasteiger partial charge >= 0.3 is 6.03 Å². The molecular formula is C18H28N4O. The Morgan fingerprint density at radius 3 is 2.65 bits per heavy atom. The lowest BCUT2D eigenvalue weighted by atomic mass is 10.1. The number of likely N-dealkylation sites (tertiary alicyclic amines) is 1. The van der Waals surface area contributed by atoms with E-state index < -0.39 is 0 Å². The highest BCUT2D eigenvalue weighted by molar-refractivity contribution is 5.90. The molecule has 3 heterocycles. The molecule has 23 heavy (non-hydrogen) atoms. The molecule has 1 aromatic rings. The van der Waals surface area contributed by atoms with E-state index in [0.29, 0.717) is 5.92 Å². The second kappa shape index (κ2) is 7.20. The summed E-state index contributed by atoms with van der Waals surface area (Å²) in [6, 6.07) is 4.03. The Kier molecular flexibility index (Phi) is 5.03. The molecule has 1 N–H and O–H groups in total. The van der Waals surface area contributed by atoms with Gasteiger partial charge in [0.1, 0.15) is 5.82 Å². The molecule has 5 heteroatoms. The van der Waals surface area contributed by atoms with Crippen molar-refractivity contribution in [2.24, 2.45) is 5.92 Å². The zero-order chi connectivity index (χ0) is 16.2. The summed E-state index contributed by atoms with van der Waals surface area (Å²) in [5.41, 5.74) is 1.72. The van der Waals surface area contributed by atoms with Crippen LogP contribution in [0, 0.1) is 12.8 Å². The van der Waals surface area contributed by atoms with Gasteiger partial charge in [0.05, 0.1) is 11.4 Å². The Morgan fingerprint density at radius 1 is 1.17 bits per heavy atom. The Morgan fingerprint density at radius 2 is 1.91 bits per heavy atom. The standard InChI is InChI=1S/C18H28N4O/c1-14-7-3-4-12-22(13-14)18(23)20-16-8-9-17(19-15(16)2)21-10-5-6-11-21/h8-9,14H,3-7,10-13H2,1-2H3,(H,20,23)/t14-/m0/s1. The van der Waals surface area contributed by atoms with Crippen molar-refractivity contribution in [2.45, 2.75) is 46.0 Å². The highest BCUT2D eigenvalue weighted by Crippen LogP contribution is 2.23. The smallest absolute Gasteiger partial charge is 0.321 e.